The highest BCUT2D eigenvalue weighted by Crippen LogP contribution is 2.12. The molecule has 0 bridgehead atoms. The molecule has 62 valence electrons. The summed E-state index contributed by atoms with van der Waals surface area (Å²) >= 11 is 5.12. The van der Waals surface area contributed by atoms with Crippen LogP contribution < -0.4 is 0 Å². The molecule has 0 spiro atoms. The van der Waals surface area contributed by atoms with Gasteiger partial charge in [0.25, 0.3) is 0 Å². The zero-order valence-electron chi connectivity index (χ0n) is 5.92. The highest BCUT2D eigenvalue weighted by atomic mass is 35.5. The molecule has 0 aliphatic rings. The lowest BCUT2D eigenvalue weighted by atomic mass is 10.0. The van der Waals surface area contributed by atoms with E-state index in [1.54, 1.807) is 0 Å². The normalized spacial score (nSPS) is 12.1. The monoisotopic (exact) mass is 176 g/mol. The van der Waals surface area contributed by atoms with Crippen LogP contribution in [0.25, 0.3) is 0 Å². The number of carboxylic acids is 1. The van der Waals surface area contributed by atoms with E-state index in [2.05, 4.69) is 6.58 Å². The molecule has 0 rings (SSSR count). The summed E-state index contributed by atoms with van der Waals surface area (Å²) in [5.74, 6) is -1.66. The van der Waals surface area contributed by atoms with Crippen molar-refractivity contribution < 1.29 is 14.7 Å². The molecule has 0 radical (unpaired) electrons. The Kier molecular flexibility index (Phi) is 4.54. The molecular weight excluding hydrogens is 168 g/mol. The van der Waals surface area contributed by atoms with Crippen molar-refractivity contribution in [1.29, 1.82) is 0 Å². The highest BCUT2D eigenvalue weighted by Gasteiger charge is 2.17. The number of rotatable bonds is 5. The molecule has 1 atom stereocenters. The Morgan fingerprint density at radius 3 is 2.45 bits per heavy atom. The van der Waals surface area contributed by atoms with E-state index in [1.165, 1.54) is 6.08 Å². The maximum Gasteiger partial charge on any atom is 0.304 e. The Morgan fingerprint density at radius 1 is 1.64 bits per heavy atom. The van der Waals surface area contributed by atoms with Crippen molar-refractivity contribution in [2.24, 2.45) is 5.92 Å². The van der Waals surface area contributed by atoms with Gasteiger partial charge in [-0.25, -0.2) is 0 Å². The van der Waals surface area contributed by atoms with Gasteiger partial charge in [0.1, 0.15) is 0 Å². The van der Waals surface area contributed by atoms with Gasteiger partial charge in [-0.05, 0) is 18.0 Å². The van der Waals surface area contributed by atoms with Gasteiger partial charge in [-0.2, -0.15) is 0 Å². The zero-order chi connectivity index (χ0) is 8.85. The van der Waals surface area contributed by atoms with Gasteiger partial charge in [0, 0.05) is 5.92 Å². The molecule has 11 heavy (non-hydrogen) atoms. The van der Waals surface area contributed by atoms with Crippen LogP contribution >= 0.6 is 11.6 Å². The fraction of sp³-hybridized carbons (Fsp3) is 0.429. The van der Waals surface area contributed by atoms with E-state index < -0.39 is 17.1 Å². The van der Waals surface area contributed by atoms with E-state index >= 15 is 0 Å². The van der Waals surface area contributed by atoms with Crippen molar-refractivity contribution in [1.82, 2.24) is 0 Å². The molecule has 0 aliphatic heterocycles. The van der Waals surface area contributed by atoms with Crippen LogP contribution in [0.3, 0.4) is 0 Å². The number of aliphatic carboxylic acids is 1. The number of hydrogen-bond acceptors (Lipinski definition) is 2. The Hall–Kier alpha value is -0.830. The van der Waals surface area contributed by atoms with Crippen LogP contribution in [-0.4, -0.2) is 16.3 Å². The van der Waals surface area contributed by atoms with E-state index in [1.807, 2.05) is 0 Å². The lowest BCUT2D eigenvalue weighted by molar-refractivity contribution is -0.139. The van der Waals surface area contributed by atoms with Crippen LogP contribution in [0, 0.1) is 5.92 Å². The second-order valence-corrected chi connectivity index (χ2v) is 2.50. The number of carbonyl (C=O) groups excluding carboxylic acids is 1. The van der Waals surface area contributed by atoms with Gasteiger partial charge in [0.05, 0.1) is 6.42 Å². The van der Waals surface area contributed by atoms with Crippen LogP contribution in [0.5, 0.6) is 0 Å². The van der Waals surface area contributed by atoms with E-state index in [0.717, 1.165) is 0 Å². The van der Waals surface area contributed by atoms with Gasteiger partial charge in [-0.15, -0.1) is 6.58 Å². The van der Waals surface area contributed by atoms with Gasteiger partial charge >= 0.3 is 5.97 Å². The second kappa shape index (κ2) is 4.91. The predicted octanol–water partition coefficient (Wildman–Crippen LogP) is 1.42. The summed E-state index contributed by atoms with van der Waals surface area (Å²) in [7, 11) is 0. The van der Waals surface area contributed by atoms with Gasteiger partial charge in [0.2, 0.25) is 5.24 Å². The summed E-state index contributed by atoms with van der Waals surface area (Å²) in [6.45, 7) is 3.39. The first-order valence-electron chi connectivity index (χ1n) is 3.10. The van der Waals surface area contributed by atoms with E-state index in [9.17, 15) is 9.59 Å². The van der Waals surface area contributed by atoms with Crippen molar-refractivity contribution in [3.05, 3.63) is 12.7 Å². The average Bonchev–Trinajstić information content (AvgIpc) is 1.86. The molecular formula is C7H9ClO3. The number of carboxylic acid groups (broad SMARTS) is 1. The summed E-state index contributed by atoms with van der Waals surface area (Å²) in [4.78, 5) is 20.7. The highest BCUT2D eigenvalue weighted by molar-refractivity contribution is 6.64. The lowest BCUT2D eigenvalue weighted by Crippen LogP contribution is -2.12. The minimum absolute atomic E-state index is 0.228. The average molecular weight is 177 g/mol. The van der Waals surface area contributed by atoms with Crippen LogP contribution in [0.2, 0.25) is 0 Å². The molecule has 0 saturated heterocycles. The molecule has 3 nitrogen and oxygen atoms in total. The molecule has 0 heterocycles. The standard InChI is InChI=1S/C7H9ClO3/c1-2-3-5(7(8)11)4-6(9)10/h2,5H,1,3-4H2,(H,9,10). The second-order valence-electron chi connectivity index (χ2n) is 2.12. The van der Waals surface area contributed by atoms with Gasteiger partial charge < -0.3 is 5.11 Å². The third kappa shape index (κ3) is 4.56. The predicted molar refractivity (Wildman–Crippen MR) is 41.4 cm³/mol. The van der Waals surface area contributed by atoms with Gasteiger partial charge in [-0.3, -0.25) is 9.59 Å². The number of allylic oxidation sites excluding steroid dienone is 1. The molecule has 0 aromatic heterocycles. The molecule has 0 aromatic carbocycles. The van der Waals surface area contributed by atoms with Crippen molar-refractivity contribution in [2.75, 3.05) is 0 Å². The first-order valence-corrected chi connectivity index (χ1v) is 3.47. The first-order chi connectivity index (χ1) is 5.07. The Bertz CT molecular complexity index is 177. The maximum absolute atomic E-state index is 10.5. The van der Waals surface area contributed by atoms with E-state index in [0.29, 0.717) is 6.42 Å². The molecule has 4 heteroatoms. The Balaban J connectivity index is 3.99. The summed E-state index contributed by atoms with van der Waals surface area (Å²) in [6, 6.07) is 0. The fourth-order valence-electron chi connectivity index (χ4n) is 0.668. The topological polar surface area (TPSA) is 54.4 Å². The van der Waals surface area contributed by atoms with Gasteiger partial charge in [0.15, 0.2) is 0 Å². The first kappa shape index (κ1) is 10.2. The summed E-state index contributed by atoms with van der Waals surface area (Å²) < 4.78 is 0. The minimum Gasteiger partial charge on any atom is -0.481 e. The number of hydrogen-bond donors (Lipinski definition) is 1. The zero-order valence-corrected chi connectivity index (χ0v) is 6.67. The van der Waals surface area contributed by atoms with Crippen LogP contribution in [0.4, 0.5) is 0 Å². The number of halogens is 1. The molecule has 1 N–H and O–H groups in total. The third-order valence-electron chi connectivity index (χ3n) is 1.19. The Labute approximate surface area is 69.7 Å². The lowest BCUT2D eigenvalue weighted by Gasteiger charge is -2.04. The number of carbonyl (C=O) groups is 2. The minimum atomic E-state index is -1.02. The maximum atomic E-state index is 10.5. The van der Waals surface area contributed by atoms with Gasteiger partial charge in [-0.1, -0.05) is 6.08 Å². The quantitative estimate of drug-likeness (QED) is 0.509. The molecule has 0 fully saturated rings. The van der Waals surface area contributed by atoms with Crippen molar-refractivity contribution in [2.45, 2.75) is 12.8 Å². The van der Waals surface area contributed by atoms with Crippen molar-refractivity contribution >= 4 is 22.8 Å². The summed E-state index contributed by atoms with van der Waals surface area (Å²) in [6.07, 6.45) is 1.57. The Morgan fingerprint density at radius 2 is 2.18 bits per heavy atom. The smallest absolute Gasteiger partial charge is 0.304 e. The summed E-state index contributed by atoms with van der Waals surface area (Å²) in [5.41, 5.74) is 0. The van der Waals surface area contributed by atoms with E-state index in [4.69, 9.17) is 16.7 Å². The molecule has 1 unspecified atom stereocenters. The summed E-state index contributed by atoms with van der Waals surface area (Å²) in [5, 5.41) is 7.70. The molecule has 0 aliphatic carbocycles. The van der Waals surface area contributed by atoms with Crippen LogP contribution in [0.15, 0.2) is 12.7 Å². The molecule has 0 saturated carbocycles. The largest absolute Gasteiger partial charge is 0.481 e. The molecule has 0 aromatic rings. The van der Waals surface area contributed by atoms with Crippen molar-refractivity contribution in [3.8, 4) is 0 Å². The van der Waals surface area contributed by atoms with E-state index in [-0.39, 0.29) is 6.42 Å². The third-order valence-corrected chi connectivity index (χ3v) is 1.50. The van der Waals surface area contributed by atoms with Crippen molar-refractivity contribution in [3.63, 3.8) is 0 Å². The fourth-order valence-corrected chi connectivity index (χ4v) is 0.834. The van der Waals surface area contributed by atoms with Crippen LogP contribution in [0.1, 0.15) is 12.8 Å². The molecule has 0 amide bonds. The SMILES string of the molecule is C=CCC(CC(=O)O)C(=O)Cl. The van der Waals surface area contributed by atoms with Crippen LogP contribution in [-0.2, 0) is 9.59 Å².